The number of carbonyl (C=O) groups is 2. The van der Waals surface area contributed by atoms with Crippen LogP contribution in [0.1, 0.15) is 31.1 Å². The van der Waals surface area contributed by atoms with Gasteiger partial charge < -0.3 is 9.64 Å². The lowest BCUT2D eigenvalue weighted by molar-refractivity contribution is -0.129. The van der Waals surface area contributed by atoms with Crippen LogP contribution in [-0.2, 0) is 9.53 Å². The molecule has 4 heteroatoms. The molecule has 0 saturated heterocycles. The first-order valence-electron chi connectivity index (χ1n) is 7.95. The van der Waals surface area contributed by atoms with Gasteiger partial charge in [-0.15, -0.1) is 0 Å². The Morgan fingerprint density at radius 2 is 1.92 bits per heavy atom. The molecule has 0 saturated carbocycles. The van der Waals surface area contributed by atoms with E-state index in [1.165, 1.54) is 0 Å². The highest BCUT2D eigenvalue weighted by Gasteiger charge is 2.43. The summed E-state index contributed by atoms with van der Waals surface area (Å²) in [7, 11) is 1.68. The summed E-state index contributed by atoms with van der Waals surface area (Å²) < 4.78 is 5.72. The van der Waals surface area contributed by atoms with Crippen LogP contribution < -0.4 is 0 Å². The fourth-order valence-electron chi connectivity index (χ4n) is 2.84. The fourth-order valence-corrected chi connectivity index (χ4v) is 2.84. The summed E-state index contributed by atoms with van der Waals surface area (Å²) in [4.78, 5) is 27.3. The van der Waals surface area contributed by atoms with Crippen molar-refractivity contribution < 1.29 is 14.3 Å². The van der Waals surface area contributed by atoms with Gasteiger partial charge in [0.1, 0.15) is 0 Å². The molecule has 1 heterocycles. The van der Waals surface area contributed by atoms with Crippen LogP contribution in [0.4, 0.5) is 0 Å². The van der Waals surface area contributed by atoms with E-state index in [0.29, 0.717) is 11.1 Å². The number of ether oxygens (including phenoxy) is 1. The summed E-state index contributed by atoms with van der Waals surface area (Å²) in [5.41, 5.74) is 1.79. The number of allylic oxidation sites excluding steroid dienone is 2. The molecule has 1 amide bonds. The third-order valence-electron chi connectivity index (χ3n) is 3.87. The normalized spacial score (nSPS) is 18.4. The maximum Gasteiger partial charge on any atom is 0.289 e. The summed E-state index contributed by atoms with van der Waals surface area (Å²) in [6, 6.07) is 8.50. The van der Waals surface area contributed by atoms with Crippen LogP contribution in [0.25, 0.3) is 0 Å². The van der Waals surface area contributed by atoms with E-state index < -0.39 is 6.04 Å². The van der Waals surface area contributed by atoms with Crippen molar-refractivity contribution in [3.05, 3.63) is 71.5 Å². The largest absolute Gasteiger partial charge is 0.485 e. The molecule has 1 aromatic rings. The van der Waals surface area contributed by atoms with Crippen LogP contribution in [0.3, 0.4) is 0 Å². The lowest BCUT2D eigenvalue weighted by Gasteiger charge is -2.22. The first-order chi connectivity index (χ1) is 11.4. The zero-order chi connectivity index (χ0) is 17.9. The van der Waals surface area contributed by atoms with E-state index in [-0.39, 0.29) is 23.6 Å². The zero-order valence-electron chi connectivity index (χ0n) is 14.6. The average Bonchev–Trinajstić information content (AvgIpc) is 2.79. The molecule has 0 aliphatic carbocycles. The summed E-state index contributed by atoms with van der Waals surface area (Å²) in [5.74, 6) is -0.321. The number of hydrogen-bond acceptors (Lipinski definition) is 3. The number of likely N-dealkylation sites (N-methyl/N-ethyl adjacent to an activating group) is 1. The van der Waals surface area contributed by atoms with Crippen LogP contribution in [0.2, 0.25) is 0 Å². The SMILES string of the molecule is C=C/C=C(\C)C1C(C(=O)c2ccccc2)=C(OC(C)C)C(=O)N1C. The number of nitrogens with zero attached hydrogens (tertiary/aromatic N) is 1. The monoisotopic (exact) mass is 325 g/mol. The quantitative estimate of drug-likeness (QED) is 0.594. The molecule has 1 atom stereocenters. The van der Waals surface area contributed by atoms with Crippen molar-refractivity contribution in [2.24, 2.45) is 0 Å². The average molecular weight is 325 g/mol. The highest BCUT2D eigenvalue weighted by molar-refractivity contribution is 6.16. The van der Waals surface area contributed by atoms with Gasteiger partial charge in [0.25, 0.3) is 5.91 Å². The number of hydrogen-bond donors (Lipinski definition) is 0. The van der Waals surface area contributed by atoms with Crippen molar-refractivity contribution in [1.29, 1.82) is 0 Å². The van der Waals surface area contributed by atoms with E-state index in [4.69, 9.17) is 4.74 Å². The maximum absolute atomic E-state index is 13.1. The second-order valence-corrected chi connectivity index (χ2v) is 6.07. The molecule has 4 nitrogen and oxygen atoms in total. The van der Waals surface area contributed by atoms with Gasteiger partial charge in [-0.2, -0.15) is 0 Å². The molecule has 0 spiro atoms. The lowest BCUT2D eigenvalue weighted by Crippen LogP contribution is -2.34. The first-order valence-corrected chi connectivity index (χ1v) is 7.95. The molecule has 0 fully saturated rings. The van der Waals surface area contributed by atoms with Crippen molar-refractivity contribution in [2.75, 3.05) is 7.05 Å². The topological polar surface area (TPSA) is 46.6 Å². The number of benzene rings is 1. The minimum Gasteiger partial charge on any atom is -0.485 e. The highest BCUT2D eigenvalue weighted by Crippen LogP contribution is 2.33. The molecule has 0 bridgehead atoms. The molecular formula is C20H23NO3. The Labute approximate surface area is 143 Å². The second-order valence-electron chi connectivity index (χ2n) is 6.07. The molecule has 1 unspecified atom stereocenters. The van der Waals surface area contributed by atoms with Crippen molar-refractivity contribution in [2.45, 2.75) is 32.9 Å². The highest BCUT2D eigenvalue weighted by atomic mass is 16.5. The third kappa shape index (κ3) is 3.32. The van der Waals surface area contributed by atoms with Crippen LogP contribution in [0, 0.1) is 0 Å². The summed E-state index contributed by atoms with van der Waals surface area (Å²) in [5, 5.41) is 0. The molecular weight excluding hydrogens is 302 g/mol. The molecule has 0 aromatic heterocycles. The minimum atomic E-state index is -0.447. The Kier molecular flexibility index (Phi) is 5.39. The van der Waals surface area contributed by atoms with Crippen LogP contribution in [0.15, 0.2) is 66.0 Å². The molecule has 0 N–H and O–H groups in total. The number of rotatable bonds is 6. The summed E-state index contributed by atoms with van der Waals surface area (Å²) >= 11 is 0. The van der Waals surface area contributed by atoms with E-state index in [1.807, 2.05) is 32.9 Å². The van der Waals surface area contributed by atoms with Gasteiger partial charge in [0.2, 0.25) is 0 Å². The van der Waals surface area contributed by atoms with E-state index in [9.17, 15) is 9.59 Å². The Balaban J connectivity index is 2.61. The number of ketones is 1. The fraction of sp³-hybridized carbons (Fsp3) is 0.300. The number of amides is 1. The molecule has 126 valence electrons. The van der Waals surface area contributed by atoms with Crippen molar-refractivity contribution in [1.82, 2.24) is 4.90 Å². The van der Waals surface area contributed by atoms with Crippen LogP contribution in [0.5, 0.6) is 0 Å². The lowest BCUT2D eigenvalue weighted by atomic mass is 9.93. The van der Waals surface area contributed by atoms with Crippen LogP contribution in [-0.4, -0.2) is 35.8 Å². The van der Waals surface area contributed by atoms with E-state index in [0.717, 1.165) is 5.57 Å². The summed E-state index contributed by atoms with van der Waals surface area (Å²) in [6.45, 7) is 9.26. The maximum atomic E-state index is 13.1. The van der Waals surface area contributed by atoms with Crippen molar-refractivity contribution in [3.8, 4) is 0 Å². The third-order valence-corrected chi connectivity index (χ3v) is 3.87. The molecule has 0 radical (unpaired) electrons. The van der Waals surface area contributed by atoms with Gasteiger partial charge in [-0.25, -0.2) is 0 Å². The predicted molar refractivity (Wildman–Crippen MR) is 94.5 cm³/mol. The van der Waals surface area contributed by atoms with Gasteiger partial charge in [0.05, 0.1) is 17.7 Å². The Hall–Kier alpha value is -2.62. The standard InChI is InChI=1S/C20H23NO3/c1-6-10-14(4)17-16(18(22)15-11-8-7-9-12-15)19(24-13(2)3)20(23)21(17)5/h6-13,17H,1H2,2-5H3/b14-10+. The van der Waals surface area contributed by atoms with E-state index in [1.54, 1.807) is 42.3 Å². The zero-order valence-corrected chi connectivity index (χ0v) is 14.6. The minimum absolute atomic E-state index is 0.142. The molecule has 1 aromatic carbocycles. The molecule has 2 rings (SSSR count). The Morgan fingerprint density at radius 1 is 1.29 bits per heavy atom. The van der Waals surface area contributed by atoms with Gasteiger partial charge in [-0.05, 0) is 26.3 Å². The van der Waals surface area contributed by atoms with Gasteiger partial charge in [0.15, 0.2) is 11.5 Å². The molecule has 1 aliphatic rings. The predicted octanol–water partition coefficient (Wildman–Crippen LogP) is 3.52. The van der Waals surface area contributed by atoms with E-state index in [2.05, 4.69) is 6.58 Å². The van der Waals surface area contributed by atoms with Gasteiger partial charge in [-0.1, -0.05) is 49.1 Å². The Bertz CT molecular complexity index is 714. The molecule has 1 aliphatic heterocycles. The molecule has 24 heavy (non-hydrogen) atoms. The Morgan fingerprint density at radius 3 is 2.46 bits per heavy atom. The van der Waals surface area contributed by atoms with Gasteiger partial charge >= 0.3 is 0 Å². The smallest absolute Gasteiger partial charge is 0.289 e. The van der Waals surface area contributed by atoms with Gasteiger partial charge in [0, 0.05) is 12.6 Å². The summed E-state index contributed by atoms with van der Waals surface area (Å²) in [6.07, 6.45) is 3.27. The number of Topliss-reactive ketones (excluding diaryl/α,β-unsaturated/α-hetero) is 1. The number of carbonyl (C=O) groups excluding carboxylic acids is 2. The second kappa shape index (κ2) is 7.30. The van der Waals surface area contributed by atoms with Crippen LogP contribution >= 0.6 is 0 Å². The first kappa shape index (κ1) is 17.7. The van der Waals surface area contributed by atoms with Crippen molar-refractivity contribution in [3.63, 3.8) is 0 Å². The van der Waals surface area contributed by atoms with Gasteiger partial charge in [-0.3, -0.25) is 9.59 Å². The van der Waals surface area contributed by atoms with E-state index >= 15 is 0 Å². The van der Waals surface area contributed by atoms with Crippen molar-refractivity contribution >= 4 is 11.7 Å².